The van der Waals surface area contributed by atoms with Gasteiger partial charge in [0, 0.05) is 39.3 Å². The number of nitrogens with zero attached hydrogens (tertiary/aromatic N) is 2. The maximum Gasteiger partial charge on any atom is 0.333 e. The van der Waals surface area contributed by atoms with Gasteiger partial charge in [-0.25, -0.2) is 0 Å². The van der Waals surface area contributed by atoms with Gasteiger partial charge in [-0.3, -0.25) is 0 Å². The first kappa shape index (κ1) is 24.2. The predicted molar refractivity (Wildman–Crippen MR) is 180 cm³/mol. The Hall–Kier alpha value is -5.48. The lowest BCUT2D eigenvalue weighted by molar-refractivity contribution is 0.616. The molecule has 0 fully saturated rings. The minimum atomic E-state index is 0.0139. The normalized spacial score (nSPS) is 13.1. The average molecular weight is 550 g/mol. The molecule has 0 saturated heterocycles. The molecule has 0 unspecified atom stereocenters. The summed E-state index contributed by atoms with van der Waals surface area (Å²) in [4.78, 5) is 5.01. The molecule has 9 rings (SSSR count). The Morgan fingerprint density at radius 3 is 2.14 bits per heavy atom. The second-order valence-electron chi connectivity index (χ2n) is 11.4. The van der Waals surface area contributed by atoms with Crippen LogP contribution in [0, 0.1) is 6.92 Å². The topological polar surface area (TPSA) is 19.6 Å². The summed E-state index contributed by atoms with van der Waals surface area (Å²) in [5, 5.41) is 1.10. The van der Waals surface area contributed by atoms with E-state index in [1.165, 1.54) is 61.5 Å². The summed E-state index contributed by atoms with van der Waals surface area (Å²) < 4.78 is 5.99. The number of rotatable bonds is 3. The highest BCUT2D eigenvalue weighted by Gasteiger charge is 2.45. The van der Waals surface area contributed by atoms with Crippen LogP contribution in [-0.4, -0.2) is 6.85 Å². The van der Waals surface area contributed by atoms with Crippen molar-refractivity contribution in [2.75, 3.05) is 9.71 Å². The van der Waals surface area contributed by atoms with Crippen LogP contribution in [0.4, 0.5) is 28.4 Å². The van der Waals surface area contributed by atoms with Gasteiger partial charge in [-0.05, 0) is 77.5 Å². The standard InChI is InChI=1S/C39H27BN2O/c1-26-18-20-28(21-19-26)42-34-15-7-5-12-30(34)31-13-9-17-36-38(31)40(42)33-14-6-8-16-35(33)41(36)39-29(27-10-3-2-4-11-27)22-23-37-32(39)24-25-43-37/h2-25H,1H3. The molecule has 0 bridgehead atoms. The molecule has 2 aliphatic rings. The van der Waals surface area contributed by atoms with E-state index < -0.39 is 0 Å². The molecule has 202 valence electrons. The summed E-state index contributed by atoms with van der Waals surface area (Å²) in [6.45, 7) is 2.16. The Morgan fingerprint density at radius 1 is 0.558 bits per heavy atom. The van der Waals surface area contributed by atoms with Crippen molar-refractivity contribution < 1.29 is 4.42 Å². The molecule has 0 saturated carbocycles. The smallest absolute Gasteiger partial charge is 0.333 e. The van der Waals surface area contributed by atoms with Crippen LogP contribution in [0.3, 0.4) is 0 Å². The summed E-state index contributed by atoms with van der Waals surface area (Å²) in [6, 6.07) is 50.6. The van der Waals surface area contributed by atoms with Gasteiger partial charge in [0.2, 0.25) is 0 Å². The zero-order valence-corrected chi connectivity index (χ0v) is 23.7. The fourth-order valence-corrected chi connectivity index (χ4v) is 7.15. The first-order chi connectivity index (χ1) is 21.3. The first-order valence-electron chi connectivity index (χ1n) is 14.8. The number of furan rings is 1. The average Bonchev–Trinajstić information content (AvgIpc) is 3.55. The molecule has 0 aliphatic carbocycles. The lowest BCUT2D eigenvalue weighted by atomic mass is 9.43. The number of hydrogen-bond acceptors (Lipinski definition) is 3. The highest BCUT2D eigenvalue weighted by Crippen LogP contribution is 2.49. The van der Waals surface area contributed by atoms with Crippen molar-refractivity contribution in [3.8, 4) is 22.3 Å². The molecule has 0 spiro atoms. The minimum absolute atomic E-state index is 0.0139. The summed E-state index contributed by atoms with van der Waals surface area (Å²) >= 11 is 0. The van der Waals surface area contributed by atoms with E-state index in [0.717, 1.165) is 16.7 Å². The van der Waals surface area contributed by atoms with E-state index >= 15 is 0 Å². The monoisotopic (exact) mass is 550 g/mol. The number of para-hydroxylation sites is 2. The van der Waals surface area contributed by atoms with Gasteiger partial charge in [-0.15, -0.1) is 0 Å². The molecule has 43 heavy (non-hydrogen) atoms. The molecule has 0 N–H and O–H groups in total. The second kappa shape index (κ2) is 9.27. The van der Waals surface area contributed by atoms with Crippen LogP contribution in [0.2, 0.25) is 0 Å². The molecule has 7 aromatic rings. The molecule has 3 heterocycles. The van der Waals surface area contributed by atoms with Gasteiger partial charge in [-0.2, -0.15) is 0 Å². The summed E-state index contributed by atoms with van der Waals surface area (Å²) in [6.07, 6.45) is 1.80. The van der Waals surface area contributed by atoms with Crippen molar-refractivity contribution in [2.24, 2.45) is 0 Å². The van der Waals surface area contributed by atoms with Crippen LogP contribution in [0.25, 0.3) is 33.2 Å². The van der Waals surface area contributed by atoms with Crippen LogP contribution < -0.4 is 20.6 Å². The van der Waals surface area contributed by atoms with E-state index in [1.807, 2.05) is 0 Å². The van der Waals surface area contributed by atoms with Gasteiger partial charge in [-0.1, -0.05) is 96.6 Å². The van der Waals surface area contributed by atoms with E-state index in [0.29, 0.717) is 0 Å². The Labute approximate surface area is 251 Å². The van der Waals surface area contributed by atoms with Crippen LogP contribution in [0.1, 0.15) is 5.56 Å². The SMILES string of the molecule is Cc1ccc(N2B3c4ccccc4N(c4c(-c5ccccc5)ccc5occc45)c4cccc(c43)-c3ccccc32)cc1. The van der Waals surface area contributed by atoms with Gasteiger partial charge < -0.3 is 14.1 Å². The number of aryl methyl sites for hydroxylation is 1. The number of anilines is 5. The van der Waals surface area contributed by atoms with Gasteiger partial charge in [0.05, 0.1) is 12.0 Å². The predicted octanol–water partition coefficient (Wildman–Crippen LogP) is 9.12. The minimum Gasteiger partial charge on any atom is -0.464 e. The van der Waals surface area contributed by atoms with Crippen molar-refractivity contribution >= 4 is 57.2 Å². The van der Waals surface area contributed by atoms with Crippen molar-refractivity contribution in [1.29, 1.82) is 0 Å². The van der Waals surface area contributed by atoms with E-state index in [-0.39, 0.29) is 6.85 Å². The maximum atomic E-state index is 5.99. The van der Waals surface area contributed by atoms with Gasteiger partial charge in [0.25, 0.3) is 0 Å². The summed E-state index contributed by atoms with van der Waals surface area (Å²) in [7, 11) is 0. The Bertz CT molecular complexity index is 2170. The van der Waals surface area contributed by atoms with E-state index in [9.17, 15) is 0 Å². The van der Waals surface area contributed by atoms with Crippen molar-refractivity contribution in [3.05, 3.63) is 151 Å². The molecular formula is C39H27BN2O. The van der Waals surface area contributed by atoms with Crippen molar-refractivity contribution in [3.63, 3.8) is 0 Å². The Balaban J connectivity index is 1.39. The molecule has 3 nitrogen and oxygen atoms in total. The third kappa shape index (κ3) is 3.50. The fourth-order valence-electron chi connectivity index (χ4n) is 7.15. The van der Waals surface area contributed by atoms with Crippen molar-refractivity contribution in [1.82, 2.24) is 0 Å². The lowest BCUT2D eigenvalue weighted by Crippen LogP contribution is -2.61. The Morgan fingerprint density at radius 2 is 1.28 bits per heavy atom. The number of hydrogen-bond donors (Lipinski definition) is 0. The van der Waals surface area contributed by atoms with Crippen molar-refractivity contribution in [2.45, 2.75) is 6.92 Å². The molecule has 0 amide bonds. The van der Waals surface area contributed by atoms with E-state index in [4.69, 9.17) is 4.42 Å². The van der Waals surface area contributed by atoms with Crippen LogP contribution in [0.5, 0.6) is 0 Å². The quantitative estimate of drug-likeness (QED) is 0.205. The second-order valence-corrected chi connectivity index (χ2v) is 11.4. The molecule has 0 atom stereocenters. The summed E-state index contributed by atoms with van der Waals surface area (Å²) in [5.41, 5.74) is 15.5. The van der Waals surface area contributed by atoms with Crippen LogP contribution in [0.15, 0.2) is 150 Å². The van der Waals surface area contributed by atoms with Gasteiger partial charge in [0.1, 0.15) is 5.58 Å². The fraction of sp³-hybridized carbons (Fsp3) is 0.0256. The first-order valence-corrected chi connectivity index (χ1v) is 14.8. The Kier molecular flexibility index (Phi) is 5.21. The van der Waals surface area contributed by atoms with E-state index in [1.54, 1.807) is 6.26 Å². The third-order valence-corrected chi connectivity index (χ3v) is 9.01. The molecule has 4 heteroatoms. The molecule has 6 aromatic carbocycles. The zero-order valence-electron chi connectivity index (χ0n) is 23.7. The number of fused-ring (bicyclic) bond motifs is 5. The highest BCUT2D eigenvalue weighted by molar-refractivity contribution is 6.93. The van der Waals surface area contributed by atoms with Gasteiger partial charge in [0.15, 0.2) is 0 Å². The zero-order chi connectivity index (χ0) is 28.5. The van der Waals surface area contributed by atoms with Crippen LogP contribution in [-0.2, 0) is 0 Å². The lowest BCUT2D eigenvalue weighted by Gasteiger charge is -2.46. The highest BCUT2D eigenvalue weighted by atomic mass is 16.3. The van der Waals surface area contributed by atoms with Crippen LogP contribution >= 0.6 is 0 Å². The van der Waals surface area contributed by atoms with E-state index in [2.05, 4.69) is 156 Å². The number of benzene rings is 6. The molecule has 2 aliphatic heterocycles. The largest absolute Gasteiger partial charge is 0.464 e. The molecule has 1 aromatic heterocycles. The maximum absolute atomic E-state index is 5.99. The van der Waals surface area contributed by atoms with Gasteiger partial charge >= 0.3 is 6.85 Å². The molecule has 0 radical (unpaired) electrons. The third-order valence-electron chi connectivity index (χ3n) is 9.01. The molecular weight excluding hydrogens is 523 g/mol. The summed E-state index contributed by atoms with van der Waals surface area (Å²) in [5.74, 6) is 0.